The Hall–Kier alpha value is -2.84. The molecule has 0 bridgehead atoms. The monoisotopic (exact) mass is 380 g/mol. The first-order valence-electron chi connectivity index (χ1n) is 7.88. The maximum Gasteiger partial charge on any atom is 0.277 e. The molecule has 1 N–H and O–H groups in total. The maximum absolute atomic E-state index is 5.80. The van der Waals surface area contributed by atoms with Crippen LogP contribution < -0.4 is 0 Å². The van der Waals surface area contributed by atoms with Crippen LogP contribution in [0.25, 0.3) is 33.1 Å². The van der Waals surface area contributed by atoms with Crippen LogP contribution in [-0.4, -0.2) is 20.2 Å². The van der Waals surface area contributed by atoms with Crippen LogP contribution in [0, 0.1) is 0 Å². The summed E-state index contributed by atoms with van der Waals surface area (Å²) >= 11 is 3.04. The van der Waals surface area contributed by atoms with Crippen molar-refractivity contribution in [1.82, 2.24) is 20.2 Å². The van der Waals surface area contributed by atoms with E-state index in [0.717, 1.165) is 27.0 Å². The first-order chi connectivity index (χ1) is 12.9. The van der Waals surface area contributed by atoms with Crippen LogP contribution in [0.4, 0.5) is 0 Å². The van der Waals surface area contributed by atoms with Crippen LogP contribution in [0.3, 0.4) is 0 Å². The Kier molecular flexibility index (Phi) is 3.84. The van der Waals surface area contributed by atoms with Gasteiger partial charge in [0, 0.05) is 22.9 Å². The zero-order valence-corrected chi connectivity index (χ0v) is 15.0. The van der Waals surface area contributed by atoms with Crippen molar-refractivity contribution in [3.8, 4) is 22.2 Å². The van der Waals surface area contributed by atoms with Crippen molar-refractivity contribution in [3.63, 3.8) is 0 Å². The number of oxazole rings is 1. The molecule has 26 heavy (non-hydrogen) atoms. The molecule has 0 spiro atoms. The van der Waals surface area contributed by atoms with Crippen LogP contribution in [-0.2, 0) is 5.75 Å². The maximum atomic E-state index is 5.80. The fourth-order valence-electron chi connectivity index (χ4n) is 2.65. The Labute approximate surface area is 156 Å². The van der Waals surface area contributed by atoms with Gasteiger partial charge in [-0.2, -0.15) is 0 Å². The zero-order valence-electron chi connectivity index (χ0n) is 13.4. The van der Waals surface area contributed by atoms with Crippen LogP contribution in [0.2, 0.25) is 0 Å². The summed E-state index contributed by atoms with van der Waals surface area (Å²) in [6.07, 6.45) is 3.55. The van der Waals surface area contributed by atoms with Crippen molar-refractivity contribution < 1.29 is 8.83 Å². The van der Waals surface area contributed by atoms with Crippen LogP contribution >= 0.6 is 23.1 Å². The smallest absolute Gasteiger partial charge is 0.277 e. The quantitative estimate of drug-likeness (QED) is 0.421. The van der Waals surface area contributed by atoms with Crippen molar-refractivity contribution in [3.05, 3.63) is 59.9 Å². The van der Waals surface area contributed by atoms with E-state index in [9.17, 15) is 0 Å². The molecule has 8 heteroatoms. The molecule has 0 aliphatic carbocycles. The number of hydrogen-bond donors (Lipinski definition) is 1. The molecule has 1 aromatic carbocycles. The average molecular weight is 380 g/mol. The number of aromatic amines is 1. The van der Waals surface area contributed by atoms with Gasteiger partial charge in [-0.05, 0) is 17.5 Å². The molecule has 0 radical (unpaired) electrons. The molecular formula is C18H12N4O2S2. The summed E-state index contributed by atoms with van der Waals surface area (Å²) in [7, 11) is 0. The van der Waals surface area contributed by atoms with Crippen LogP contribution in [0.1, 0.15) is 5.69 Å². The number of rotatable bonds is 5. The average Bonchev–Trinajstić information content (AvgIpc) is 3.46. The number of benzene rings is 1. The standard InChI is InChI=1S/C18H12N4O2S2/c1-2-5-14-12(4-1)13(8-19-14)16-21-22-18(24-16)26-10-11-9-23-17(20-11)15-6-3-7-25-15/h1-9,19H,10H2. The highest BCUT2D eigenvalue weighted by atomic mass is 32.2. The Morgan fingerprint density at radius 3 is 2.96 bits per heavy atom. The molecule has 0 amide bonds. The highest BCUT2D eigenvalue weighted by Crippen LogP contribution is 2.31. The number of nitrogens with zero attached hydrogens (tertiary/aromatic N) is 3. The topological polar surface area (TPSA) is 80.7 Å². The fourth-order valence-corrected chi connectivity index (χ4v) is 3.94. The minimum atomic E-state index is 0.504. The third-order valence-corrected chi connectivity index (χ3v) is 5.56. The first-order valence-corrected chi connectivity index (χ1v) is 9.74. The van der Waals surface area contributed by atoms with Crippen LogP contribution in [0.5, 0.6) is 0 Å². The van der Waals surface area contributed by atoms with Gasteiger partial charge in [0.05, 0.1) is 16.1 Å². The summed E-state index contributed by atoms with van der Waals surface area (Å²) in [6, 6.07) is 12.0. The molecule has 0 atom stereocenters. The second kappa shape index (κ2) is 6.47. The van der Waals surface area contributed by atoms with Gasteiger partial charge in [-0.15, -0.1) is 21.5 Å². The van der Waals surface area contributed by atoms with Gasteiger partial charge >= 0.3 is 0 Å². The van der Waals surface area contributed by atoms with Gasteiger partial charge in [0.1, 0.15) is 6.26 Å². The molecule has 0 saturated carbocycles. The molecule has 5 rings (SSSR count). The van der Waals surface area contributed by atoms with Crippen molar-refractivity contribution in [2.45, 2.75) is 11.0 Å². The van der Waals surface area contributed by atoms with E-state index in [-0.39, 0.29) is 0 Å². The summed E-state index contributed by atoms with van der Waals surface area (Å²) in [5.74, 6) is 1.75. The second-order valence-electron chi connectivity index (χ2n) is 5.53. The lowest BCUT2D eigenvalue weighted by molar-refractivity contribution is 0.466. The summed E-state index contributed by atoms with van der Waals surface area (Å²) in [5.41, 5.74) is 2.78. The zero-order chi connectivity index (χ0) is 17.3. The van der Waals surface area contributed by atoms with Gasteiger partial charge in [-0.1, -0.05) is 36.0 Å². The van der Waals surface area contributed by atoms with E-state index < -0.39 is 0 Å². The van der Waals surface area contributed by atoms with E-state index in [1.165, 1.54) is 11.8 Å². The molecule has 0 unspecified atom stereocenters. The number of thiophene rings is 1. The van der Waals surface area contributed by atoms with E-state index in [0.29, 0.717) is 22.8 Å². The van der Waals surface area contributed by atoms with E-state index in [2.05, 4.69) is 20.2 Å². The number of thioether (sulfide) groups is 1. The largest absolute Gasteiger partial charge is 0.444 e. The number of H-pyrrole nitrogens is 1. The molecule has 4 heterocycles. The Morgan fingerprint density at radius 2 is 2.04 bits per heavy atom. The van der Waals surface area contributed by atoms with E-state index >= 15 is 0 Å². The van der Waals surface area contributed by atoms with Gasteiger partial charge in [0.15, 0.2) is 0 Å². The summed E-state index contributed by atoms with van der Waals surface area (Å²) in [5, 5.41) is 11.9. The normalized spacial score (nSPS) is 11.4. The number of fused-ring (bicyclic) bond motifs is 1. The van der Waals surface area contributed by atoms with E-state index in [1.54, 1.807) is 17.6 Å². The molecule has 0 saturated heterocycles. The van der Waals surface area contributed by atoms with E-state index in [4.69, 9.17) is 8.83 Å². The van der Waals surface area contributed by atoms with Gasteiger partial charge in [0.2, 0.25) is 5.89 Å². The van der Waals surface area contributed by atoms with Gasteiger partial charge < -0.3 is 13.8 Å². The highest BCUT2D eigenvalue weighted by Gasteiger charge is 2.14. The number of nitrogens with one attached hydrogen (secondary N) is 1. The minimum Gasteiger partial charge on any atom is -0.444 e. The van der Waals surface area contributed by atoms with Crippen molar-refractivity contribution >= 4 is 34.0 Å². The fraction of sp³-hybridized carbons (Fsp3) is 0.0556. The first kappa shape index (κ1) is 15.4. The van der Waals surface area contributed by atoms with Crippen molar-refractivity contribution in [1.29, 1.82) is 0 Å². The predicted molar refractivity (Wildman–Crippen MR) is 101 cm³/mol. The van der Waals surface area contributed by atoms with Gasteiger partial charge in [-0.3, -0.25) is 0 Å². The number of para-hydroxylation sites is 1. The second-order valence-corrected chi connectivity index (χ2v) is 7.41. The molecule has 6 nitrogen and oxygen atoms in total. The molecule has 0 aliphatic rings. The molecule has 128 valence electrons. The van der Waals surface area contributed by atoms with Crippen molar-refractivity contribution in [2.24, 2.45) is 0 Å². The highest BCUT2D eigenvalue weighted by molar-refractivity contribution is 7.98. The minimum absolute atomic E-state index is 0.504. The lowest BCUT2D eigenvalue weighted by Gasteiger charge is -1.93. The molecule has 5 aromatic rings. The predicted octanol–water partition coefficient (Wildman–Crippen LogP) is 5.23. The summed E-state index contributed by atoms with van der Waals surface area (Å²) in [6.45, 7) is 0. The van der Waals surface area contributed by atoms with Gasteiger partial charge in [-0.25, -0.2) is 4.98 Å². The van der Waals surface area contributed by atoms with Crippen LogP contribution in [0.15, 0.2) is 68.3 Å². The van der Waals surface area contributed by atoms with Crippen molar-refractivity contribution in [2.75, 3.05) is 0 Å². The summed E-state index contributed by atoms with van der Waals surface area (Å²) < 4.78 is 11.3. The number of hydrogen-bond acceptors (Lipinski definition) is 7. The molecule has 0 aliphatic heterocycles. The Morgan fingerprint density at radius 1 is 1.08 bits per heavy atom. The lowest BCUT2D eigenvalue weighted by Crippen LogP contribution is -1.81. The molecule has 0 fully saturated rings. The third-order valence-electron chi connectivity index (χ3n) is 3.85. The van der Waals surface area contributed by atoms with E-state index in [1.807, 2.05) is 48.0 Å². The molecule has 4 aromatic heterocycles. The molecular weight excluding hydrogens is 368 g/mol. The SMILES string of the molecule is c1csc(-c2nc(CSc3nnc(-c4c[nH]c5ccccc45)o3)co2)c1. The number of aromatic nitrogens is 4. The summed E-state index contributed by atoms with van der Waals surface area (Å²) in [4.78, 5) is 8.72. The lowest BCUT2D eigenvalue weighted by atomic mass is 10.2. The van der Waals surface area contributed by atoms with Gasteiger partial charge in [0.25, 0.3) is 11.1 Å². The Balaban J connectivity index is 1.32. The third kappa shape index (κ3) is 2.83. The Bertz CT molecular complexity index is 1160.